The van der Waals surface area contributed by atoms with Crippen LogP contribution >= 0.6 is 0 Å². The summed E-state index contributed by atoms with van der Waals surface area (Å²) in [6, 6.07) is 8.42. The van der Waals surface area contributed by atoms with E-state index in [4.69, 9.17) is 10.8 Å². The lowest BCUT2D eigenvalue weighted by Gasteiger charge is -2.15. The summed E-state index contributed by atoms with van der Waals surface area (Å²) < 4.78 is 0. The van der Waals surface area contributed by atoms with E-state index >= 15 is 0 Å². The molecule has 0 saturated carbocycles. The van der Waals surface area contributed by atoms with E-state index in [9.17, 15) is 9.59 Å². The van der Waals surface area contributed by atoms with Crippen molar-refractivity contribution in [3.8, 4) is 0 Å². The van der Waals surface area contributed by atoms with Crippen molar-refractivity contribution in [1.82, 2.24) is 5.32 Å². The Kier molecular flexibility index (Phi) is 6.73. The monoisotopic (exact) mass is 278 g/mol. The maximum atomic E-state index is 11.7. The molecule has 1 unspecified atom stereocenters. The molecule has 0 saturated heterocycles. The summed E-state index contributed by atoms with van der Waals surface area (Å²) in [5.74, 6) is -1.26. The van der Waals surface area contributed by atoms with Crippen LogP contribution in [0.25, 0.3) is 0 Å². The van der Waals surface area contributed by atoms with Crippen LogP contribution in [0.5, 0.6) is 0 Å². The number of hydrogen-bond donors (Lipinski definition) is 3. The van der Waals surface area contributed by atoms with Gasteiger partial charge in [0.1, 0.15) is 6.04 Å². The van der Waals surface area contributed by atoms with Crippen LogP contribution in [0.4, 0.5) is 0 Å². The average molecular weight is 278 g/mol. The molecule has 0 aliphatic carbocycles. The van der Waals surface area contributed by atoms with E-state index in [0.29, 0.717) is 12.8 Å². The van der Waals surface area contributed by atoms with Gasteiger partial charge in [-0.25, -0.2) is 4.79 Å². The van der Waals surface area contributed by atoms with Crippen LogP contribution in [-0.2, 0) is 16.0 Å². The minimum absolute atomic E-state index is 0.0578. The first-order valence-electron chi connectivity index (χ1n) is 6.80. The Balaban J connectivity index is 2.47. The summed E-state index contributed by atoms with van der Waals surface area (Å²) in [4.78, 5) is 22.9. The van der Waals surface area contributed by atoms with Crippen LogP contribution in [0.15, 0.2) is 30.3 Å². The first-order chi connectivity index (χ1) is 9.49. The van der Waals surface area contributed by atoms with Gasteiger partial charge in [0.25, 0.3) is 0 Å². The zero-order valence-electron chi connectivity index (χ0n) is 11.7. The molecule has 0 fully saturated rings. The number of benzene rings is 1. The molecule has 1 amide bonds. The van der Waals surface area contributed by atoms with Gasteiger partial charge in [0, 0.05) is 18.9 Å². The number of hydrogen-bond acceptors (Lipinski definition) is 3. The predicted octanol–water partition coefficient (Wildman–Crippen LogP) is 1.32. The zero-order chi connectivity index (χ0) is 15.0. The van der Waals surface area contributed by atoms with E-state index in [-0.39, 0.29) is 18.4 Å². The molecule has 1 rings (SSSR count). The first-order valence-corrected chi connectivity index (χ1v) is 6.80. The van der Waals surface area contributed by atoms with Crippen LogP contribution in [-0.4, -0.2) is 29.1 Å². The summed E-state index contributed by atoms with van der Waals surface area (Å²) in [6.07, 6.45) is 2.01. The van der Waals surface area contributed by atoms with Crippen LogP contribution in [0.1, 0.15) is 31.7 Å². The molecule has 1 aromatic rings. The Morgan fingerprint density at radius 2 is 1.95 bits per heavy atom. The van der Waals surface area contributed by atoms with E-state index in [1.807, 2.05) is 37.3 Å². The highest BCUT2D eigenvalue weighted by Crippen LogP contribution is 2.05. The van der Waals surface area contributed by atoms with Crippen LogP contribution in [0.2, 0.25) is 0 Å². The highest BCUT2D eigenvalue weighted by atomic mass is 16.4. The van der Waals surface area contributed by atoms with Gasteiger partial charge in [0.2, 0.25) is 5.91 Å². The van der Waals surface area contributed by atoms with Gasteiger partial charge in [-0.15, -0.1) is 0 Å². The fourth-order valence-corrected chi connectivity index (χ4v) is 1.90. The standard InChI is InChI=1S/C15H22N2O3/c1-11(16)6-5-9-14(18)17-13(15(19)20)10-12-7-3-2-4-8-12/h2-4,7-8,11,13H,5-6,9-10,16H2,1H3,(H,17,18)(H,19,20)/t11?,13-/m0/s1. The van der Waals surface area contributed by atoms with Gasteiger partial charge < -0.3 is 16.2 Å². The Labute approximate surface area is 119 Å². The number of amides is 1. The molecule has 2 atom stereocenters. The van der Waals surface area contributed by atoms with Gasteiger partial charge in [-0.05, 0) is 25.3 Å². The maximum absolute atomic E-state index is 11.7. The molecule has 5 heteroatoms. The molecule has 0 aromatic heterocycles. The van der Waals surface area contributed by atoms with Crippen molar-refractivity contribution in [3.63, 3.8) is 0 Å². The molecule has 0 aliphatic rings. The molecule has 0 heterocycles. The summed E-state index contributed by atoms with van der Waals surface area (Å²) in [6.45, 7) is 1.88. The van der Waals surface area contributed by atoms with Crippen LogP contribution < -0.4 is 11.1 Å². The van der Waals surface area contributed by atoms with Gasteiger partial charge in [-0.1, -0.05) is 30.3 Å². The summed E-state index contributed by atoms with van der Waals surface area (Å²) >= 11 is 0. The third-order valence-electron chi connectivity index (χ3n) is 2.98. The van der Waals surface area contributed by atoms with Crippen molar-refractivity contribution in [1.29, 1.82) is 0 Å². The highest BCUT2D eigenvalue weighted by Gasteiger charge is 2.20. The molecule has 110 valence electrons. The van der Waals surface area contributed by atoms with Crippen molar-refractivity contribution in [2.45, 2.75) is 44.7 Å². The van der Waals surface area contributed by atoms with Crippen LogP contribution in [0, 0.1) is 0 Å². The lowest BCUT2D eigenvalue weighted by molar-refractivity contribution is -0.141. The molecule has 0 bridgehead atoms. The highest BCUT2D eigenvalue weighted by molar-refractivity contribution is 5.83. The van der Waals surface area contributed by atoms with Crippen LogP contribution in [0.3, 0.4) is 0 Å². The molecule has 0 radical (unpaired) electrons. The second-order valence-electron chi connectivity index (χ2n) is 5.02. The van der Waals surface area contributed by atoms with Crippen molar-refractivity contribution in [3.05, 3.63) is 35.9 Å². The van der Waals surface area contributed by atoms with E-state index in [0.717, 1.165) is 12.0 Å². The van der Waals surface area contributed by atoms with Gasteiger partial charge in [-0.3, -0.25) is 4.79 Å². The summed E-state index contributed by atoms with van der Waals surface area (Å²) in [5, 5.41) is 11.7. The van der Waals surface area contributed by atoms with Crippen molar-refractivity contribution >= 4 is 11.9 Å². The largest absolute Gasteiger partial charge is 0.480 e. The Bertz CT molecular complexity index is 432. The predicted molar refractivity (Wildman–Crippen MR) is 77.2 cm³/mol. The number of carbonyl (C=O) groups is 2. The first kappa shape index (κ1) is 16.2. The van der Waals surface area contributed by atoms with Crippen molar-refractivity contribution in [2.75, 3.05) is 0 Å². The minimum atomic E-state index is -1.02. The molecule has 0 aliphatic heterocycles. The summed E-state index contributed by atoms with van der Waals surface area (Å²) in [5.41, 5.74) is 6.49. The zero-order valence-corrected chi connectivity index (χ0v) is 11.7. The minimum Gasteiger partial charge on any atom is -0.480 e. The van der Waals surface area contributed by atoms with Crippen molar-refractivity contribution in [2.24, 2.45) is 5.73 Å². The molecule has 4 N–H and O–H groups in total. The number of carboxylic acid groups (broad SMARTS) is 1. The van der Waals surface area contributed by atoms with E-state index in [2.05, 4.69) is 5.32 Å². The number of aliphatic carboxylic acids is 1. The third kappa shape index (κ3) is 6.33. The lowest BCUT2D eigenvalue weighted by Crippen LogP contribution is -2.42. The van der Waals surface area contributed by atoms with E-state index < -0.39 is 12.0 Å². The second kappa shape index (κ2) is 8.32. The normalized spacial score (nSPS) is 13.5. The van der Waals surface area contributed by atoms with Gasteiger partial charge >= 0.3 is 5.97 Å². The molecular weight excluding hydrogens is 256 g/mol. The maximum Gasteiger partial charge on any atom is 0.326 e. The van der Waals surface area contributed by atoms with Gasteiger partial charge in [0.05, 0.1) is 0 Å². The molecule has 5 nitrogen and oxygen atoms in total. The number of rotatable bonds is 8. The quantitative estimate of drug-likeness (QED) is 0.668. The Hall–Kier alpha value is -1.88. The van der Waals surface area contributed by atoms with E-state index in [1.165, 1.54) is 0 Å². The number of nitrogens with two attached hydrogens (primary N) is 1. The fraction of sp³-hybridized carbons (Fsp3) is 0.467. The molecule has 20 heavy (non-hydrogen) atoms. The summed E-state index contributed by atoms with van der Waals surface area (Å²) in [7, 11) is 0. The topological polar surface area (TPSA) is 92.4 Å². The SMILES string of the molecule is CC(N)CCCC(=O)N[C@@H](Cc1ccccc1)C(=O)O. The van der Waals surface area contributed by atoms with Crippen molar-refractivity contribution < 1.29 is 14.7 Å². The molecule has 0 spiro atoms. The number of carbonyl (C=O) groups excluding carboxylic acids is 1. The molecular formula is C15H22N2O3. The number of carboxylic acids is 1. The molecule has 1 aromatic carbocycles. The second-order valence-corrected chi connectivity index (χ2v) is 5.02. The smallest absolute Gasteiger partial charge is 0.326 e. The van der Waals surface area contributed by atoms with Gasteiger partial charge in [0.15, 0.2) is 0 Å². The third-order valence-corrected chi connectivity index (χ3v) is 2.98. The fourth-order valence-electron chi connectivity index (χ4n) is 1.90. The van der Waals surface area contributed by atoms with Gasteiger partial charge in [-0.2, -0.15) is 0 Å². The number of nitrogens with one attached hydrogen (secondary N) is 1. The Morgan fingerprint density at radius 1 is 1.30 bits per heavy atom. The van der Waals surface area contributed by atoms with E-state index in [1.54, 1.807) is 0 Å². The Morgan fingerprint density at radius 3 is 2.50 bits per heavy atom. The lowest BCUT2D eigenvalue weighted by atomic mass is 10.1. The average Bonchev–Trinajstić information content (AvgIpc) is 2.38.